The molecule has 0 aliphatic carbocycles. The zero-order valence-corrected chi connectivity index (χ0v) is 15.2. The van der Waals surface area contributed by atoms with Crippen molar-refractivity contribution in [2.24, 2.45) is 7.05 Å². The number of imidazole rings is 1. The first-order valence-electron chi connectivity index (χ1n) is 7.96. The van der Waals surface area contributed by atoms with Gasteiger partial charge in [0.25, 0.3) is 11.6 Å². The lowest BCUT2D eigenvalue weighted by Gasteiger charge is -2.05. The Morgan fingerprint density at radius 1 is 1.29 bits per heavy atom. The summed E-state index contributed by atoms with van der Waals surface area (Å²) in [6, 6.07) is 11.5. The van der Waals surface area contributed by atoms with E-state index in [-0.39, 0.29) is 17.2 Å². The lowest BCUT2D eigenvalue weighted by Crippen LogP contribution is -2.13. The number of amides is 1. The molecule has 28 heavy (non-hydrogen) atoms. The third-order valence-corrected chi connectivity index (χ3v) is 4.92. The van der Waals surface area contributed by atoms with Crippen LogP contribution >= 0.6 is 11.8 Å². The van der Waals surface area contributed by atoms with E-state index in [4.69, 9.17) is 0 Å². The Morgan fingerprint density at radius 2 is 2.11 bits per heavy atom. The van der Waals surface area contributed by atoms with Crippen LogP contribution in [-0.2, 0) is 7.05 Å². The number of nitrogens with one attached hydrogen (secondary N) is 2. The van der Waals surface area contributed by atoms with Gasteiger partial charge in [0.1, 0.15) is 0 Å². The molecule has 2 aromatic carbocycles. The molecule has 0 bridgehead atoms. The Labute approximate surface area is 161 Å². The zero-order valence-electron chi connectivity index (χ0n) is 14.4. The van der Waals surface area contributed by atoms with Gasteiger partial charge in [0, 0.05) is 18.7 Å². The van der Waals surface area contributed by atoms with Crippen molar-refractivity contribution in [3.8, 4) is 0 Å². The number of nitro groups is 1. The van der Waals surface area contributed by atoms with Gasteiger partial charge in [-0.05, 0) is 46.5 Å². The number of tetrazole rings is 1. The van der Waals surface area contributed by atoms with E-state index in [0.717, 1.165) is 17.3 Å². The van der Waals surface area contributed by atoms with Gasteiger partial charge in [-0.3, -0.25) is 20.2 Å². The standard InChI is InChI=1S/C16H12N8O3S/c1-23-16(20-21-22-23)28-13-7-6-9(8-12(13)24(26)27)14(25)19-15-17-10-4-2-3-5-11(10)18-15/h2-8H,1H3,(H2,17,18,19,25). The number of aryl methyl sites for hydroxylation is 1. The van der Waals surface area contributed by atoms with Crippen LogP contribution in [0.4, 0.5) is 11.6 Å². The highest BCUT2D eigenvalue weighted by atomic mass is 32.2. The van der Waals surface area contributed by atoms with Crippen LogP contribution in [0.1, 0.15) is 10.4 Å². The van der Waals surface area contributed by atoms with E-state index in [0.29, 0.717) is 15.6 Å². The topological polar surface area (TPSA) is 145 Å². The molecular formula is C16H12N8O3S. The number of nitro benzene ring substituents is 1. The molecule has 1 amide bonds. The van der Waals surface area contributed by atoms with Crippen LogP contribution < -0.4 is 5.32 Å². The predicted octanol–water partition coefficient (Wildman–Crippen LogP) is 2.40. The van der Waals surface area contributed by atoms with Crippen LogP contribution in [-0.4, -0.2) is 41.0 Å². The van der Waals surface area contributed by atoms with Crippen molar-refractivity contribution in [1.29, 1.82) is 0 Å². The summed E-state index contributed by atoms with van der Waals surface area (Å²) >= 11 is 1.04. The number of aromatic nitrogens is 6. The minimum atomic E-state index is -0.551. The van der Waals surface area contributed by atoms with Gasteiger partial charge in [0.2, 0.25) is 11.1 Å². The number of anilines is 1. The van der Waals surface area contributed by atoms with Crippen LogP contribution in [0.15, 0.2) is 52.5 Å². The predicted molar refractivity (Wildman–Crippen MR) is 100 cm³/mol. The summed E-state index contributed by atoms with van der Waals surface area (Å²) in [6.07, 6.45) is 0. The molecule has 2 aromatic heterocycles. The molecule has 12 heteroatoms. The number of nitrogens with zero attached hydrogens (tertiary/aromatic N) is 6. The molecule has 2 heterocycles. The highest BCUT2D eigenvalue weighted by Gasteiger charge is 2.20. The Hall–Kier alpha value is -3.80. The van der Waals surface area contributed by atoms with Crippen LogP contribution in [0, 0.1) is 10.1 Å². The fraction of sp³-hybridized carbons (Fsp3) is 0.0625. The summed E-state index contributed by atoms with van der Waals surface area (Å²) in [7, 11) is 1.63. The normalized spacial score (nSPS) is 10.9. The Kier molecular flexibility index (Phi) is 4.45. The average molecular weight is 396 g/mol. The SMILES string of the molecule is Cn1nnnc1Sc1ccc(C(=O)Nc2nc3ccccc3[nH]2)cc1[N+](=O)[O-]. The lowest BCUT2D eigenvalue weighted by molar-refractivity contribution is -0.387. The van der Waals surface area contributed by atoms with Gasteiger partial charge in [-0.2, -0.15) is 0 Å². The molecule has 0 aliphatic heterocycles. The molecule has 4 aromatic rings. The summed E-state index contributed by atoms with van der Waals surface area (Å²) in [5.74, 6) is -0.253. The molecule has 0 saturated carbocycles. The van der Waals surface area contributed by atoms with Crippen molar-refractivity contribution in [3.05, 3.63) is 58.1 Å². The van der Waals surface area contributed by atoms with Gasteiger partial charge in [-0.1, -0.05) is 12.1 Å². The van der Waals surface area contributed by atoms with Crippen LogP contribution in [0.25, 0.3) is 11.0 Å². The third-order valence-electron chi connectivity index (χ3n) is 3.82. The summed E-state index contributed by atoms with van der Waals surface area (Å²) in [4.78, 5) is 31.0. The van der Waals surface area contributed by atoms with Crippen LogP contribution in [0.3, 0.4) is 0 Å². The second-order valence-electron chi connectivity index (χ2n) is 5.68. The Bertz CT molecular complexity index is 1170. The summed E-state index contributed by atoms with van der Waals surface area (Å²) < 4.78 is 1.40. The maximum Gasteiger partial charge on any atom is 0.284 e. The Morgan fingerprint density at radius 3 is 2.82 bits per heavy atom. The maximum absolute atomic E-state index is 12.5. The molecule has 11 nitrogen and oxygen atoms in total. The van der Waals surface area contributed by atoms with Crippen molar-refractivity contribution in [3.63, 3.8) is 0 Å². The molecule has 0 saturated heterocycles. The molecule has 140 valence electrons. The number of fused-ring (bicyclic) bond motifs is 1. The van der Waals surface area contributed by atoms with Crippen molar-refractivity contribution in [1.82, 2.24) is 30.2 Å². The fourth-order valence-electron chi connectivity index (χ4n) is 2.49. The largest absolute Gasteiger partial charge is 0.324 e. The fourth-order valence-corrected chi connectivity index (χ4v) is 3.30. The number of hydrogen-bond acceptors (Lipinski definition) is 8. The number of rotatable bonds is 5. The number of aromatic amines is 1. The Balaban J connectivity index is 1.60. The van der Waals surface area contributed by atoms with E-state index < -0.39 is 10.8 Å². The average Bonchev–Trinajstić information content (AvgIpc) is 3.27. The smallest absolute Gasteiger partial charge is 0.284 e. The van der Waals surface area contributed by atoms with E-state index >= 15 is 0 Å². The van der Waals surface area contributed by atoms with Gasteiger partial charge >= 0.3 is 0 Å². The molecule has 0 spiro atoms. The number of H-pyrrole nitrogens is 1. The molecule has 4 rings (SSSR count). The zero-order chi connectivity index (χ0) is 19.7. The molecule has 0 fully saturated rings. The van der Waals surface area contributed by atoms with Crippen LogP contribution in [0.5, 0.6) is 0 Å². The van der Waals surface area contributed by atoms with Gasteiger partial charge in [-0.25, -0.2) is 9.67 Å². The summed E-state index contributed by atoms with van der Waals surface area (Å²) in [6.45, 7) is 0. The van der Waals surface area contributed by atoms with Crippen molar-refractivity contribution >= 4 is 40.3 Å². The quantitative estimate of drug-likeness (QED) is 0.386. The highest BCUT2D eigenvalue weighted by Crippen LogP contribution is 2.34. The van der Waals surface area contributed by atoms with Gasteiger partial charge in [0.05, 0.1) is 20.9 Å². The van der Waals surface area contributed by atoms with Gasteiger partial charge in [0.15, 0.2) is 0 Å². The first-order valence-corrected chi connectivity index (χ1v) is 8.77. The highest BCUT2D eigenvalue weighted by molar-refractivity contribution is 7.99. The molecule has 2 N–H and O–H groups in total. The molecule has 0 unspecified atom stereocenters. The summed E-state index contributed by atoms with van der Waals surface area (Å²) in [5.41, 5.74) is 1.39. The van der Waals surface area contributed by atoms with Crippen molar-refractivity contribution in [2.75, 3.05) is 5.32 Å². The maximum atomic E-state index is 12.5. The number of carbonyl (C=O) groups is 1. The number of para-hydroxylation sites is 2. The first-order chi connectivity index (χ1) is 13.5. The third kappa shape index (κ3) is 3.40. The van der Waals surface area contributed by atoms with Gasteiger partial charge < -0.3 is 4.98 Å². The minimum absolute atomic E-state index is 0.132. The lowest BCUT2D eigenvalue weighted by atomic mass is 10.2. The molecule has 0 aliphatic rings. The molecule has 0 atom stereocenters. The first kappa shape index (κ1) is 17.6. The van der Waals surface area contributed by atoms with E-state index in [2.05, 4.69) is 30.8 Å². The van der Waals surface area contributed by atoms with E-state index in [1.165, 1.54) is 22.9 Å². The van der Waals surface area contributed by atoms with Gasteiger partial charge in [-0.15, -0.1) is 5.10 Å². The number of benzene rings is 2. The minimum Gasteiger partial charge on any atom is -0.324 e. The molecular weight excluding hydrogens is 384 g/mol. The summed E-state index contributed by atoms with van der Waals surface area (Å²) in [5, 5.41) is 25.5. The van der Waals surface area contributed by atoms with E-state index in [9.17, 15) is 14.9 Å². The monoisotopic (exact) mass is 396 g/mol. The second-order valence-corrected chi connectivity index (χ2v) is 6.69. The number of carbonyl (C=O) groups excluding carboxylic acids is 1. The number of hydrogen-bond donors (Lipinski definition) is 2. The molecule has 0 radical (unpaired) electrons. The van der Waals surface area contributed by atoms with Crippen LogP contribution in [0.2, 0.25) is 0 Å². The van der Waals surface area contributed by atoms with E-state index in [1.807, 2.05) is 18.2 Å². The van der Waals surface area contributed by atoms with E-state index in [1.54, 1.807) is 13.1 Å². The van der Waals surface area contributed by atoms with Crippen molar-refractivity contribution in [2.45, 2.75) is 10.1 Å². The second kappa shape index (κ2) is 7.08. The van der Waals surface area contributed by atoms with Crippen molar-refractivity contribution < 1.29 is 9.72 Å².